The van der Waals surface area contributed by atoms with Gasteiger partial charge in [0.15, 0.2) is 0 Å². The van der Waals surface area contributed by atoms with Crippen LogP contribution in [0.3, 0.4) is 0 Å². The van der Waals surface area contributed by atoms with Crippen LogP contribution in [0, 0.1) is 11.3 Å². The maximum Gasteiger partial charge on any atom is 0.408 e. The Kier molecular flexibility index (Phi) is 10.1. The third kappa shape index (κ3) is 7.33. The Labute approximate surface area is 236 Å². The summed E-state index contributed by atoms with van der Waals surface area (Å²) in [4.78, 5) is 53.4. The second-order valence-corrected chi connectivity index (χ2v) is 15.4. The van der Waals surface area contributed by atoms with Crippen molar-refractivity contribution in [2.45, 2.75) is 103 Å². The zero-order chi connectivity index (χ0) is 29.0. The van der Waals surface area contributed by atoms with Crippen LogP contribution >= 0.6 is 18.7 Å². The van der Waals surface area contributed by atoms with Gasteiger partial charge in [-0.25, -0.2) is 4.79 Å². The number of alkyl carbamates (subject to hydrolysis) is 1. The van der Waals surface area contributed by atoms with E-state index in [0.717, 1.165) is 24.1 Å². The molecule has 1 aliphatic carbocycles. The molecule has 218 valence electrons. The van der Waals surface area contributed by atoms with Gasteiger partial charge in [-0.1, -0.05) is 52.7 Å². The van der Waals surface area contributed by atoms with Gasteiger partial charge in [0.2, 0.25) is 19.2 Å². The van der Waals surface area contributed by atoms with Gasteiger partial charge in [0.25, 0.3) is 0 Å². The molecule has 9 nitrogen and oxygen atoms in total. The van der Waals surface area contributed by atoms with E-state index in [-0.39, 0.29) is 24.1 Å². The van der Waals surface area contributed by atoms with Crippen LogP contribution in [0.2, 0.25) is 0 Å². The summed E-state index contributed by atoms with van der Waals surface area (Å²) in [5.41, 5.74) is -0.639. The predicted molar refractivity (Wildman–Crippen MR) is 154 cm³/mol. The normalized spacial score (nSPS) is 25.7. The van der Waals surface area contributed by atoms with Gasteiger partial charge in [-0.05, 0) is 49.5 Å². The van der Waals surface area contributed by atoms with Gasteiger partial charge in [-0.2, -0.15) is 0 Å². The van der Waals surface area contributed by atoms with Gasteiger partial charge in [0.1, 0.15) is 23.5 Å². The van der Waals surface area contributed by atoms with Crippen molar-refractivity contribution in [3.05, 3.63) is 35.0 Å². The fraction of sp³-hybridized carbons (Fsp3) is 0.679. The van der Waals surface area contributed by atoms with Crippen LogP contribution in [0.25, 0.3) is 0 Å². The molecule has 11 heteroatoms. The first-order valence-corrected chi connectivity index (χ1v) is 16.5. The largest absolute Gasteiger partial charge is 0.447 e. The fourth-order valence-electron chi connectivity index (χ4n) is 5.24. The number of carbonyl (C=O) groups excluding carboxylic acids is 3. The van der Waals surface area contributed by atoms with Gasteiger partial charge < -0.3 is 25.2 Å². The van der Waals surface area contributed by atoms with Crippen molar-refractivity contribution >= 4 is 36.6 Å². The number of nitrogens with one attached hydrogen (secondary N) is 2. The number of ether oxygens (including phenoxy) is 1. The van der Waals surface area contributed by atoms with Crippen LogP contribution in [-0.4, -0.2) is 57.7 Å². The molecule has 0 radical (unpaired) electrons. The number of nitrogens with zero attached hydrogens (tertiary/aromatic N) is 1. The van der Waals surface area contributed by atoms with Crippen LogP contribution in [0.4, 0.5) is 4.79 Å². The molecule has 3 unspecified atom stereocenters. The molecule has 2 fully saturated rings. The van der Waals surface area contributed by atoms with E-state index < -0.39 is 42.1 Å². The molecule has 39 heavy (non-hydrogen) atoms. The summed E-state index contributed by atoms with van der Waals surface area (Å²) in [5, 5.41) is 6.20. The Morgan fingerprint density at radius 3 is 2.67 bits per heavy atom. The molecule has 1 saturated heterocycles. The van der Waals surface area contributed by atoms with Crippen molar-refractivity contribution in [2.75, 3.05) is 6.54 Å². The maximum atomic E-state index is 13.8. The van der Waals surface area contributed by atoms with Crippen LogP contribution < -0.4 is 10.6 Å². The minimum atomic E-state index is -3.84. The van der Waals surface area contributed by atoms with E-state index in [1.165, 1.54) is 16.2 Å². The van der Waals surface area contributed by atoms with Crippen molar-refractivity contribution in [1.29, 1.82) is 0 Å². The van der Waals surface area contributed by atoms with Gasteiger partial charge >= 0.3 is 6.09 Å². The average Bonchev–Trinajstić information content (AvgIpc) is 3.17. The van der Waals surface area contributed by atoms with Crippen molar-refractivity contribution in [3.63, 3.8) is 0 Å². The Morgan fingerprint density at radius 1 is 1.38 bits per heavy atom. The summed E-state index contributed by atoms with van der Waals surface area (Å²) >= 11 is 1.40. The lowest BCUT2D eigenvalue weighted by Crippen LogP contribution is -2.58. The lowest BCUT2D eigenvalue weighted by atomic mass is 9.85. The number of likely N-dealkylation sites (tertiary alicyclic amines) is 1. The highest BCUT2D eigenvalue weighted by molar-refractivity contribution is 7.59. The van der Waals surface area contributed by atoms with Gasteiger partial charge in [-0.15, -0.1) is 17.9 Å². The van der Waals surface area contributed by atoms with Crippen LogP contribution in [0.5, 0.6) is 0 Å². The number of rotatable bonds is 12. The Hall–Kier alpha value is -2.16. The molecule has 0 spiro atoms. The zero-order valence-corrected chi connectivity index (χ0v) is 25.5. The van der Waals surface area contributed by atoms with E-state index in [0.29, 0.717) is 25.8 Å². The molecule has 0 bridgehead atoms. The predicted octanol–water partition coefficient (Wildman–Crippen LogP) is 5.25. The third-order valence-electron chi connectivity index (χ3n) is 7.67. The van der Waals surface area contributed by atoms with Gasteiger partial charge in [0.05, 0.1) is 6.16 Å². The van der Waals surface area contributed by atoms with Crippen LogP contribution in [0.1, 0.15) is 78.0 Å². The molecule has 6 atom stereocenters. The SMILES string of the molecule is C=C[C@@H]1C[C@]1(NC(=O)[C@@H]1CCCN1C(=O)C(NC(=O)OC(C)CCCC)C(C)(C)C)P(=O)(O)Cc1cccs1. The van der Waals surface area contributed by atoms with Crippen LogP contribution in [0.15, 0.2) is 30.2 Å². The summed E-state index contributed by atoms with van der Waals surface area (Å²) in [6, 6.07) is 1.93. The van der Waals surface area contributed by atoms with E-state index in [9.17, 15) is 23.8 Å². The fourth-order valence-corrected chi connectivity index (χ4v) is 8.75. The molecule has 3 amide bonds. The minimum absolute atomic E-state index is 0.0304. The molecule has 0 aromatic carbocycles. The van der Waals surface area contributed by atoms with Crippen LogP contribution in [-0.2, 0) is 25.1 Å². The third-order valence-corrected chi connectivity index (χ3v) is 11.4. The highest BCUT2D eigenvalue weighted by Gasteiger charge is 2.65. The molecule has 3 N–H and O–H groups in total. The second kappa shape index (κ2) is 12.6. The Balaban J connectivity index is 1.74. The number of amides is 3. The minimum Gasteiger partial charge on any atom is -0.447 e. The average molecular weight is 582 g/mol. The summed E-state index contributed by atoms with van der Waals surface area (Å²) in [6.07, 6.45) is 4.69. The molecule has 2 aliphatic rings. The molecule has 1 aromatic rings. The molecule has 3 rings (SSSR count). The van der Waals surface area contributed by atoms with Crippen molar-refractivity contribution in [3.8, 4) is 0 Å². The number of carbonyl (C=O) groups is 3. The molecule has 2 heterocycles. The van der Waals surface area contributed by atoms with Crippen molar-refractivity contribution in [2.24, 2.45) is 11.3 Å². The topological polar surface area (TPSA) is 125 Å². The summed E-state index contributed by atoms with van der Waals surface area (Å²) < 4.78 is 19.0. The highest BCUT2D eigenvalue weighted by atomic mass is 32.1. The highest BCUT2D eigenvalue weighted by Crippen LogP contribution is 2.71. The van der Waals surface area contributed by atoms with Crippen molar-refractivity contribution < 1.29 is 28.6 Å². The Morgan fingerprint density at radius 2 is 2.10 bits per heavy atom. The standard InChI is InChI=1S/C28H44N3O6PS/c1-7-9-12-19(3)37-26(34)29-23(27(4,5)6)25(33)31-15-10-14-22(31)24(32)30-28(17-20(28)8-2)38(35,36)18-21-13-11-16-39-21/h8,11,13,16,19-20,22-23H,2,7,9-10,12,14-15,17-18H2,1,3-6H3,(H,29,34)(H,30,32)(H,35,36)/t19?,20-,22+,23?,28+/m1/s1. The monoisotopic (exact) mass is 581 g/mol. The van der Waals surface area contributed by atoms with Crippen molar-refractivity contribution in [1.82, 2.24) is 15.5 Å². The first kappa shape index (κ1) is 31.4. The van der Waals surface area contributed by atoms with E-state index in [4.69, 9.17) is 4.74 Å². The quantitative estimate of drug-likeness (QED) is 0.229. The number of hydrogen-bond acceptors (Lipinski definition) is 6. The van der Waals surface area contributed by atoms with E-state index >= 15 is 0 Å². The summed E-state index contributed by atoms with van der Waals surface area (Å²) in [6.45, 7) is 13.6. The second-order valence-electron chi connectivity index (χ2n) is 11.9. The van der Waals surface area contributed by atoms with E-state index in [1.54, 1.807) is 12.1 Å². The maximum absolute atomic E-state index is 13.8. The molecule has 1 saturated carbocycles. The van der Waals surface area contributed by atoms with Gasteiger partial charge in [0, 0.05) is 17.3 Å². The molecule has 1 aliphatic heterocycles. The smallest absolute Gasteiger partial charge is 0.408 e. The molecular formula is C28H44N3O6PS. The number of unbranched alkanes of at least 4 members (excludes halogenated alkanes) is 1. The lowest BCUT2D eigenvalue weighted by Gasteiger charge is -2.36. The first-order chi connectivity index (χ1) is 18.3. The number of hydrogen-bond donors (Lipinski definition) is 3. The summed E-state index contributed by atoms with van der Waals surface area (Å²) in [5.74, 6) is -1.14. The molecule has 1 aromatic heterocycles. The first-order valence-electron chi connectivity index (χ1n) is 13.8. The summed E-state index contributed by atoms with van der Waals surface area (Å²) in [7, 11) is -3.84. The lowest BCUT2D eigenvalue weighted by molar-refractivity contribution is -0.142. The zero-order valence-electron chi connectivity index (χ0n) is 23.8. The molecular weight excluding hydrogens is 537 g/mol. The Bertz CT molecular complexity index is 1090. The van der Waals surface area contributed by atoms with E-state index in [1.807, 2.05) is 39.1 Å². The van der Waals surface area contributed by atoms with Gasteiger partial charge in [-0.3, -0.25) is 14.2 Å². The number of thiophene rings is 1. The van der Waals surface area contributed by atoms with E-state index in [2.05, 4.69) is 24.1 Å².